The predicted octanol–water partition coefficient (Wildman–Crippen LogP) is 11.3. The summed E-state index contributed by atoms with van der Waals surface area (Å²) in [6, 6.07) is 23.2. The number of phenolic OH excluding ortho intramolecular Hbond substituents is 1. The van der Waals surface area contributed by atoms with Gasteiger partial charge in [0.2, 0.25) is 0 Å². The van der Waals surface area contributed by atoms with Gasteiger partial charge in [0.1, 0.15) is 29.5 Å². The molecule has 7 aromatic carbocycles. The van der Waals surface area contributed by atoms with Crippen LogP contribution in [0.15, 0.2) is 166 Å². The summed E-state index contributed by atoms with van der Waals surface area (Å²) in [4.78, 5) is 9.16. The van der Waals surface area contributed by atoms with Crippen molar-refractivity contribution < 1.29 is 67.0 Å². The van der Waals surface area contributed by atoms with Crippen LogP contribution in [0.5, 0.6) is 11.5 Å². The number of aromatic hydroxyl groups is 1. The van der Waals surface area contributed by atoms with Crippen LogP contribution in [0.4, 0.5) is 34.1 Å². The van der Waals surface area contributed by atoms with E-state index in [0.29, 0.717) is 40.7 Å². The van der Waals surface area contributed by atoms with Gasteiger partial charge >= 0.3 is 5.97 Å². The summed E-state index contributed by atoms with van der Waals surface area (Å²) >= 11 is -2.40. The van der Waals surface area contributed by atoms with Crippen molar-refractivity contribution in [2.45, 2.75) is 52.2 Å². The average molecular weight is 1050 g/mol. The third kappa shape index (κ3) is 12.2. The van der Waals surface area contributed by atoms with E-state index in [1.807, 2.05) is 6.92 Å². The predicted molar refractivity (Wildman–Crippen MR) is 261 cm³/mol. The van der Waals surface area contributed by atoms with E-state index in [-0.39, 0.29) is 68.7 Å². The molecule has 7 aromatic rings. The summed E-state index contributed by atoms with van der Waals surface area (Å²) < 4.78 is 138. The molecule has 368 valence electrons. The van der Waals surface area contributed by atoms with Crippen molar-refractivity contribution in [1.82, 2.24) is 0 Å². The quantitative estimate of drug-likeness (QED) is 0.0125. The maximum absolute atomic E-state index is 12.7. The molecule has 71 heavy (non-hydrogen) atoms. The normalized spacial score (nSPS) is 13.0. The first-order chi connectivity index (χ1) is 33.7. The smallest absolute Gasteiger partial charge is 0.330 e. The van der Waals surface area contributed by atoms with E-state index in [9.17, 15) is 57.6 Å². The van der Waals surface area contributed by atoms with E-state index >= 15 is 0 Å². The Kier molecular flexibility index (Phi) is 15.6. The summed E-state index contributed by atoms with van der Waals surface area (Å²) in [7, 11) is -14.9. The standard InChI is InChI=1S/C46H40N6O15S4/c1-3-5-6-7-27-22-35-28(23-42(27)70(60,61)62)24-43(71(63,64)65)45(46(35)54)52-51-41-19-17-39(34-15-13-32(26-37(34)41)69(57,58)59)49-50-40-18-16-38(33-14-12-31(68(55)56)25-36(33)40)48-47-29-8-10-30(11-9-29)66-20-21-67-44(53)4-2/h4,8-19,22-26,54H,2-3,5-7,20-21H2,1H3,(H,55,56)(H,57,58,59)(H,60,61,62)(H,63,64,65). The summed E-state index contributed by atoms with van der Waals surface area (Å²) in [5.41, 5.74) is 0.278. The minimum absolute atomic E-state index is 0.0232. The van der Waals surface area contributed by atoms with Gasteiger partial charge in [0.25, 0.3) is 30.4 Å². The van der Waals surface area contributed by atoms with Gasteiger partial charge in [0.15, 0.2) is 16.8 Å². The molecule has 0 radical (unpaired) electrons. The second-order valence-electron chi connectivity index (χ2n) is 15.3. The van der Waals surface area contributed by atoms with Crippen LogP contribution in [-0.2, 0) is 57.4 Å². The van der Waals surface area contributed by atoms with Crippen LogP contribution in [-0.4, -0.2) is 72.0 Å². The molecule has 0 saturated heterocycles. The number of esters is 1. The lowest BCUT2D eigenvalue weighted by Crippen LogP contribution is -2.09. The molecule has 21 nitrogen and oxygen atoms in total. The van der Waals surface area contributed by atoms with Crippen molar-refractivity contribution in [3.8, 4) is 11.5 Å². The van der Waals surface area contributed by atoms with Crippen molar-refractivity contribution in [3.05, 3.63) is 121 Å². The number of fused-ring (bicyclic) bond motifs is 3. The molecule has 0 heterocycles. The number of phenols is 1. The number of aryl methyl sites for hydroxylation is 1. The number of rotatable bonds is 19. The Bertz CT molecular complexity index is 3740. The van der Waals surface area contributed by atoms with Gasteiger partial charge in [-0.25, -0.2) is 9.00 Å². The molecule has 5 N–H and O–H groups in total. The third-order valence-corrected chi connectivity index (χ3v) is 13.9. The van der Waals surface area contributed by atoms with Gasteiger partial charge in [-0.15, -0.1) is 25.6 Å². The maximum Gasteiger partial charge on any atom is 0.330 e. The van der Waals surface area contributed by atoms with Gasteiger partial charge in [0.05, 0.1) is 43.1 Å². The fourth-order valence-electron chi connectivity index (χ4n) is 7.22. The van der Waals surface area contributed by atoms with Crippen LogP contribution in [0.1, 0.15) is 31.7 Å². The molecule has 25 heteroatoms. The van der Waals surface area contributed by atoms with Crippen molar-refractivity contribution in [3.63, 3.8) is 0 Å². The van der Waals surface area contributed by atoms with Gasteiger partial charge in [-0.1, -0.05) is 38.5 Å². The van der Waals surface area contributed by atoms with Crippen LogP contribution in [0.3, 0.4) is 0 Å². The number of ether oxygens (including phenoxy) is 2. The monoisotopic (exact) mass is 1040 g/mol. The van der Waals surface area contributed by atoms with Crippen molar-refractivity contribution in [2.75, 3.05) is 13.2 Å². The van der Waals surface area contributed by atoms with Crippen LogP contribution in [0.2, 0.25) is 0 Å². The first-order valence-electron chi connectivity index (χ1n) is 20.9. The van der Waals surface area contributed by atoms with Crippen molar-refractivity contribution in [2.24, 2.45) is 30.7 Å². The zero-order chi connectivity index (χ0) is 51.3. The molecule has 0 aliphatic heterocycles. The summed E-state index contributed by atoms with van der Waals surface area (Å²) in [5, 5.41) is 37.7. The number of nitrogens with zero attached hydrogens (tertiary/aromatic N) is 6. The molecule has 0 aliphatic rings. The fourth-order valence-corrected chi connectivity index (χ4v) is 9.55. The topological polar surface area (TPSA) is 330 Å². The van der Waals surface area contributed by atoms with Crippen molar-refractivity contribution in [1.29, 1.82) is 0 Å². The van der Waals surface area contributed by atoms with Gasteiger partial charge in [-0.2, -0.15) is 30.4 Å². The van der Waals surface area contributed by atoms with Crippen LogP contribution >= 0.6 is 0 Å². The molecule has 7 rings (SSSR count). The number of benzene rings is 7. The maximum atomic E-state index is 12.7. The molecule has 0 saturated carbocycles. The lowest BCUT2D eigenvalue weighted by atomic mass is 10.0. The van der Waals surface area contributed by atoms with E-state index in [1.165, 1.54) is 42.5 Å². The largest absolute Gasteiger partial charge is 0.505 e. The van der Waals surface area contributed by atoms with E-state index in [4.69, 9.17) is 9.47 Å². The SMILES string of the molecule is C=CC(=O)OCCOc1ccc(N=Nc2ccc(N=Nc3ccc(N=Nc4c(S(=O)(=O)O)cc5cc(S(=O)(=O)O)c(CCCCC)cc5c4O)c4cc(S(=O)(=O)O)ccc34)c3cc(S(=O)O)ccc23)cc1. The Hall–Kier alpha value is -7.23. The second kappa shape index (κ2) is 21.4. The first kappa shape index (κ1) is 51.6. The molecule has 0 bridgehead atoms. The molecular weight excluding hydrogens is 1000 g/mol. The van der Waals surface area contributed by atoms with Crippen LogP contribution < -0.4 is 4.74 Å². The Morgan fingerprint density at radius 1 is 0.634 bits per heavy atom. The number of unbranched alkanes of at least 4 members (excludes halogenated alkanes) is 2. The van der Waals surface area contributed by atoms with E-state index in [0.717, 1.165) is 36.8 Å². The summed E-state index contributed by atoms with van der Waals surface area (Å²) in [5.74, 6) is -0.918. The molecule has 1 unspecified atom stereocenters. The highest BCUT2D eigenvalue weighted by Crippen LogP contribution is 2.45. The molecule has 0 aromatic heterocycles. The molecule has 1 atom stereocenters. The third-order valence-electron chi connectivity index (χ3n) is 10.6. The minimum atomic E-state index is -5.21. The van der Waals surface area contributed by atoms with Gasteiger partial charge in [0, 0.05) is 33.0 Å². The molecular formula is C46H40N6O15S4. The van der Waals surface area contributed by atoms with E-state index < -0.39 is 73.5 Å². The van der Waals surface area contributed by atoms with E-state index in [2.05, 4.69) is 37.3 Å². The highest BCUT2D eigenvalue weighted by Gasteiger charge is 2.25. The van der Waals surface area contributed by atoms with E-state index in [1.54, 1.807) is 36.4 Å². The number of carbonyl (C=O) groups is 1. The minimum Gasteiger partial charge on any atom is -0.505 e. The average Bonchev–Trinajstić information content (AvgIpc) is 3.33. The number of hydrogen-bond acceptors (Lipinski definition) is 17. The second-order valence-corrected chi connectivity index (χ2v) is 20.5. The lowest BCUT2D eigenvalue weighted by Gasteiger charge is -2.13. The first-order valence-corrected chi connectivity index (χ1v) is 26.4. The highest BCUT2D eigenvalue weighted by atomic mass is 32.2. The molecule has 0 spiro atoms. The zero-order valence-electron chi connectivity index (χ0n) is 37.0. The molecule has 0 aliphatic carbocycles. The Morgan fingerprint density at radius 2 is 1.20 bits per heavy atom. The molecule has 0 amide bonds. The Balaban J connectivity index is 1.27. The number of hydrogen-bond donors (Lipinski definition) is 5. The highest BCUT2D eigenvalue weighted by molar-refractivity contribution is 7.86. The lowest BCUT2D eigenvalue weighted by molar-refractivity contribution is -0.138. The van der Waals surface area contributed by atoms with Gasteiger partial charge < -0.3 is 19.1 Å². The van der Waals surface area contributed by atoms with Gasteiger partial charge in [-0.05, 0) is 115 Å². The van der Waals surface area contributed by atoms with Crippen molar-refractivity contribution >= 4 is 114 Å². The summed E-state index contributed by atoms with van der Waals surface area (Å²) in [6.45, 7) is 5.38. The zero-order valence-corrected chi connectivity index (χ0v) is 40.2. The fraction of sp³-hybridized carbons (Fsp3) is 0.152. The van der Waals surface area contributed by atoms with Gasteiger partial charge in [-0.3, -0.25) is 13.7 Å². The number of carbonyl (C=O) groups excluding carboxylic acids is 1. The molecule has 0 fully saturated rings. The number of azo groups is 3. The van der Waals surface area contributed by atoms with Crippen LogP contribution in [0.25, 0.3) is 32.3 Å². The summed E-state index contributed by atoms with van der Waals surface area (Å²) in [6.07, 6.45) is 3.19. The Morgan fingerprint density at radius 3 is 1.77 bits per heavy atom. The Labute approximate surface area is 407 Å². The van der Waals surface area contributed by atoms with Crippen LogP contribution in [0, 0.1) is 0 Å².